The predicted molar refractivity (Wildman–Crippen MR) is 122 cm³/mol. The Morgan fingerprint density at radius 2 is 1.65 bits per heavy atom. The molecule has 1 aromatic heterocycles. The van der Waals surface area contributed by atoms with Gasteiger partial charge in [0.15, 0.2) is 0 Å². The Balaban J connectivity index is 1.33. The molecule has 2 aliphatic rings. The van der Waals surface area contributed by atoms with Crippen molar-refractivity contribution in [2.45, 2.75) is 38.5 Å². The quantitative estimate of drug-likeness (QED) is 0.641. The lowest BCUT2D eigenvalue weighted by molar-refractivity contribution is 0.256. The summed E-state index contributed by atoms with van der Waals surface area (Å²) in [6, 6.07) is 12.8. The van der Waals surface area contributed by atoms with Crippen molar-refractivity contribution >= 4 is 38.7 Å². The Morgan fingerprint density at radius 3 is 2.39 bits per heavy atom. The van der Waals surface area contributed by atoms with Gasteiger partial charge in [-0.05, 0) is 79.0 Å². The highest BCUT2D eigenvalue weighted by atomic mass is 32.2. The summed E-state index contributed by atoms with van der Waals surface area (Å²) in [5, 5.41) is 4.79. The van der Waals surface area contributed by atoms with E-state index in [-0.39, 0.29) is 0 Å². The fourth-order valence-corrected chi connectivity index (χ4v) is 5.30. The molecule has 5 rings (SSSR count). The highest BCUT2D eigenvalue weighted by Gasteiger charge is 2.25. The summed E-state index contributed by atoms with van der Waals surface area (Å²) in [7, 11) is -3.96. The van der Waals surface area contributed by atoms with Gasteiger partial charge in [-0.2, -0.15) is 0 Å². The first kappa shape index (κ1) is 19.8. The number of carbonyl (C=O) groups is 1. The van der Waals surface area contributed by atoms with Gasteiger partial charge in [0.2, 0.25) is 0 Å². The number of para-hydroxylation sites is 1. The number of amides is 2. The van der Waals surface area contributed by atoms with Crippen molar-refractivity contribution in [3.63, 3.8) is 0 Å². The molecule has 0 saturated heterocycles. The number of aromatic nitrogens is 1. The number of rotatable bonds is 4. The van der Waals surface area contributed by atoms with Crippen LogP contribution in [-0.4, -0.2) is 19.4 Å². The molecule has 6 nitrogen and oxygen atoms in total. The number of carbonyl (C=O) groups excluding carboxylic acids is 1. The van der Waals surface area contributed by atoms with Gasteiger partial charge in [-0.3, -0.25) is 0 Å². The van der Waals surface area contributed by atoms with Gasteiger partial charge in [-0.25, -0.2) is 22.9 Å². The van der Waals surface area contributed by atoms with Crippen LogP contribution in [0, 0.1) is 0 Å². The Kier molecular flexibility index (Phi) is 4.98. The van der Waals surface area contributed by atoms with Crippen LogP contribution in [0.1, 0.15) is 40.8 Å². The summed E-state index contributed by atoms with van der Waals surface area (Å²) in [5.74, 6) is 0. The van der Waals surface area contributed by atoms with Gasteiger partial charge in [0.25, 0.3) is 10.0 Å². The molecule has 7 heteroatoms. The molecule has 0 radical (unpaired) electrons. The average molecular weight is 434 g/mol. The van der Waals surface area contributed by atoms with Gasteiger partial charge in [0.1, 0.15) is 0 Å². The molecule has 0 saturated carbocycles. The third kappa shape index (κ3) is 4.05. The minimum Gasteiger partial charge on any atom is -0.307 e. The summed E-state index contributed by atoms with van der Waals surface area (Å²) >= 11 is 0. The molecule has 0 bridgehead atoms. The summed E-state index contributed by atoms with van der Waals surface area (Å²) < 4.78 is 27.0. The minimum atomic E-state index is -3.96. The number of pyridine rings is 1. The molecule has 3 aromatic rings. The number of urea groups is 1. The molecule has 2 N–H and O–H groups in total. The number of nitrogens with one attached hydrogen (secondary N) is 2. The van der Waals surface area contributed by atoms with E-state index >= 15 is 0 Å². The van der Waals surface area contributed by atoms with Gasteiger partial charge in [0.05, 0.1) is 16.6 Å². The summed E-state index contributed by atoms with van der Waals surface area (Å²) in [6.45, 7) is 0. The monoisotopic (exact) mass is 433 g/mol. The largest absolute Gasteiger partial charge is 0.333 e. The van der Waals surface area contributed by atoms with E-state index in [9.17, 15) is 13.2 Å². The third-order valence-electron chi connectivity index (χ3n) is 5.98. The molecule has 2 aliphatic carbocycles. The Labute approximate surface area is 181 Å². The van der Waals surface area contributed by atoms with E-state index in [4.69, 9.17) is 0 Å². The van der Waals surface area contributed by atoms with Crippen LogP contribution in [0.25, 0.3) is 17.0 Å². The van der Waals surface area contributed by atoms with Crippen LogP contribution in [0.3, 0.4) is 0 Å². The maximum absolute atomic E-state index is 12.6. The van der Waals surface area contributed by atoms with E-state index < -0.39 is 16.1 Å². The zero-order valence-corrected chi connectivity index (χ0v) is 17.8. The molecule has 2 amide bonds. The molecule has 0 spiro atoms. The van der Waals surface area contributed by atoms with Crippen LogP contribution in [0.5, 0.6) is 0 Å². The van der Waals surface area contributed by atoms with Crippen molar-refractivity contribution in [1.82, 2.24) is 9.71 Å². The van der Waals surface area contributed by atoms with Crippen LogP contribution in [0.4, 0.5) is 10.5 Å². The smallest absolute Gasteiger partial charge is 0.307 e. The minimum absolute atomic E-state index is 0.503. The highest BCUT2D eigenvalue weighted by molar-refractivity contribution is 7.93. The van der Waals surface area contributed by atoms with Crippen molar-refractivity contribution in [3.8, 4) is 0 Å². The molecule has 0 unspecified atom stereocenters. The molecule has 0 fully saturated rings. The Bertz CT molecular complexity index is 1300. The number of hydrogen-bond acceptors (Lipinski definition) is 4. The standard InChI is InChI=1S/C24H23N3O3S/c28-24(26-23-20-8-3-6-17(20)15-18-7-4-9-21(18)23)27-31(29,30)14-13-19-12-11-16-5-1-2-10-22(16)25-19/h1-2,5,10-15H,3-4,6-9H2,(H2,26,27,28)/b14-13+. The summed E-state index contributed by atoms with van der Waals surface area (Å²) in [6.07, 6.45) is 7.37. The molecular formula is C24H23N3O3S. The molecule has 1 heterocycles. The second-order valence-corrected chi connectivity index (χ2v) is 9.63. The van der Waals surface area contributed by atoms with Crippen LogP contribution in [0.2, 0.25) is 0 Å². The third-order valence-corrected chi connectivity index (χ3v) is 6.95. The molecule has 2 aromatic carbocycles. The van der Waals surface area contributed by atoms with E-state index in [1.807, 2.05) is 30.3 Å². The normalized spacial score (nSPS) is 15.2. The van der Waals surface area contributed by atoms with Gasteiger partial charge in [0, 0.05) is 11.1 Å². The molecule has 158 valence electrons. The topological polar surface area (TPSA) is 88.2 Å². The van der Waals surface area contributed by atoms with E-state index in [1.165, 1.54) is 17.2 Å². The molecule has 0 atom stereocenters. The average Bonchev–Trinajstić information content (AvgIpc) is 3.41. The van der Waals surface area contributed by atoms with Gasteiger partial charge >= 0.3 is 6.03 Å². The molecule has 0 aliphatic heterocycles. The fourth-order valence-electron chi connectivity index (χ4n) is 4.60. The lowest BCUT2D eigenvalue weighted by Crippen LogP contribution is -2.33. The van der Waals surface area contributed by atoms with E-state index in [1.54, 1.807) is 6.07 Å². The highest BCUT2D eigenvalue weighted by Crippen LogP contribution is 2.38. The number of hydrogen-bond donors (Lipinski definition) is 2. The number of nitrogens with zero attached hydrogens (tertiary/aromatic N) is 1. The first-order valence-electron chi connectivity index (χ1n) is 10.5. The molecule has 31 heavy (non-hydrogen) atoms. The maximum atomic E-state index is 12.6. The number of fused-ring (bicyclic) bond motifs is 3. The van der Waals surface area contributed by atoms with Crippen molar-refractivity contribution in [2.75, 3.05) is 5.32 Å². The second-order valence-electron chi connectivity index (χ2n) is 8.07. The number of benzene rings is 2. The van der Waals surface area contributed by atoms with Crippen LogP contribution in [-0.2, 0) is 35.7 Å². The van der Waals surface area contributed by atoms with Crippen LogP contribution in [0.15, 0.2) is 47.9 Å². The first-order chi connectivity index (χ1) is 15.0. The lowest BCUT2D eigenvalue weighted by Gasteiger charge is -2.16. The molecular weight excluding hydrogens is 410 g/mol. The van der Waals surface area contributed by atoms with Crippen molar-refractivity contribution in [3.05, 3.63) is 75.8 Å². The lowest BCUT2D eigenvalue weighted by atomic mass is 9.99. The zero-order valence-electron chi connectivity index (χ0n) is 17.0. The SMILES string of the molecule is O=C(Nc1c2c(cc3c1CCC3)CCC2)NS(=O)(=O)/C=C/c1ccc2ccccc2n1. The second kappa shape index (κ2) is 7.81. The van der Waals surface area contributed by atoms with E-state index in [0.717, 1.165) is 71.7 Å². The Morgan fingerprint density at radius 1 is 0.935 bits per heavy atom. The van der Waals surface area contributed by atoms with Crippen LogP contribution >= 0.6 is 0 Å². The predicted octanol–water partition coefficient (Wildman–Crippen LogP) is 4.33. The van der Waals surface area contributed by atoms with E-state index in [0.29, 0.717) is 5.69 Å². The van der Waals surface area contributed by atoms with Crippen molar-refractivity contribution in [2.24, 2.45) is 0 Å². The van der Waals surface area contributed by atoms with Crippen molar-refractivity contribution < 1.29 is 13.2 Å². The number of aryl methyl sites for hydroxylation is 2. The fraction of sp³-hybridized carbons (Fsp3) is 0.250. The Hall–Kier alpha value is -3.19. The first-order valence-corrected chi connectivity index (χ1v) is 12.1. The van der Waals surface area contributed by atoms with E-state index in [2.05, 4.69) is 21.1 Å². The summed E-state index contributed by atoms with van der Waals surface area (Å²) in [5.41, 5.74) is 6.97. The number of sulfonamides is 1. The van der Waals surface area contributed by atoms with Crippen LogP contribution < -0.4 is 10.0 Å². The zero-order chi connectivity index (χ0) is 21.4. The number of anilines is 1. The van der Waals surface area contributed by atoms with Gasteiger partial charge in [-0.1, -0.05) is 30.3 Å². The maximum Gasteiger partial charge on any atom is 0.333 e. The van der Waals surface area contributed by atoms with Gasteiger partial charge in [-0.15, -0.1) is 0 Å². The summed E-state index contributed by atoms with van der Waals surface area (Å²) in [4.78, 5) is 17.0. The van der Waals surface area contributed by atoms with Crippen molar-refractivity contribution in [1.29, 1.82) is 0 Å². The van der Waals surface area contributed by atoms with Gasteiger partial charge < -0.3 is 5.32 Å².